The van der Waals surface area contributed by atoms with E-state index in [4.69, 9.17) is 11.3 Å². The summed E-state index contributed by atoms with van der Waals surface area (Å²) in [5.41, 5.74) is 6.79. The fourth-order valence-corrected chi connectivity index (χ4v) is 7.70. The number of furan rings is 1. The average molecular weight is 895 g/mol. The van der Waals surface area contributed by atoms with E-state index in [1.54, 1.807) is 54.7 Å². The number of aryl methyl sites for hydroxylation is 1. The molecule has 53 heavy (non-hydrogen) atoms. The van der Waals surface area contributed by atoms with Crippen LogP contribution in [0.15, 0.2) is 144 Å². The molecule has 8 rings (SSSR count). The molecule has 1 atom stereocenters. The number of halogens is 1. The largest absolute Gasteiger partial charge is 0.500 e. The molecule has 0 aliphatic rings. The third kappa shape index (κ3) is 8.63. The van der Waals surface area contributed by atoms with Crippen LogP contribution in [0.25, 0.3) is 44.5 Å². The molecule has 1 unspecified atom stereocenters. The molecule has 3 aromatic heterocycles. The van der Waals surface area contributed by atoms with E-state index < -0.39 is 27.2 Å². The Hall–Kier alpha value is -5.00. The Morgan fingerprint density at radius 2 is 1.60 bits per heavy atom. The van der Waals surface area contributed by atoms with E-state index in [-0.39, 0.29) is 31.5 Å². The molecule has 0 saturated carbocycles. The molecule has 0 spiro atoms. The summed E-state index contributed by atoms with van der Waals surface area (Å²) < 4.78 is 68.6. The van der Waals surface area contributed by atoms with E-state index in [2.05, 4.69) is 41.7 Å². The van der Waals surface area contributed by atoms with Crippen molar-refractivity contribution in [2.24, 2.45) is 0 Å². The Balaban J connectivity index is 0.000000195. The first-order valence-electron chi connectivity index (χ1n) is 20.1. The Bertz CT molecular complexity index is 2720. The second-order valence-electron chi connectivity index (χ2n) is 13.6. The SMILES string of the molecule is [2H]C([2H])([2H])c1c[c-]c(-c2cc(C([2H])(C)c3ccccc3)c([Si](C)(C)C)cn2)cc1.[2H]C([2H])(c1ccccc1)c1ccnc(-c2[c-]ccc3c2oc2cc(F)ccc23)c1.[Ir]. The van der Waals surface area contributed by atoms with Crippen LogP contribution in [0.4, 0.5) is 4.39 Å². The first-order valence-corrected chi connectivity index (χ1v) is 20.6. The summed E-state index contributed by atoms with van der Waals surface area (Å²) in [7, 11) is -1.75. The van der Waals surface area contributed by atoms with Crippen LogP contribution in [-0.2, 0) is 26.5 Å². The summed E-state index contributed by atoms with van der Waals surface area (Å²) in [5.74, 6) is -1.29. The summed E-state index contributed by atoms with van der Waals surface area (Å²) in [6.07, 6.45) is 1.81. The minimum Gasteiger partial charge on any atom is -0.500 e. The number of nitrogens with zero attached hydrogens (tertiary/aromatic N) is 2. The summed E-state index contributed by atoms with van der Waals surface area (Å²) in [6.45, 7) is 6.54. The van der Waals surface area contributed by atoms with E-state index in [1.165, 1.54) is 18.2 Å². The van der Waals surface area contributed by atoms with E-state index in [0.717, 1.165) is 32.6 Å². The van der Waals surface area contributed by atoms with Gasteiger partial charge in [-0.3, -0.25) is 0 Å². The van der Waals surface area contributed by atoms with Gasteiger partial charge in [0.15, 0.2) is 0 Å². The molecule has 0 N–H and O–H groups in total. The van der Waals surface area contributed by atoms with Gasteiger partial charge in [-0.2, -0.15) is 0 Å². The van der Waals surface area contributed by atoms with Crippen molar-refractivity contribution in [1.82, 2.24) is 9.97 Å². The fraction of sp³-hybridized carbons (Fsp3) is 0.149. The van der Waals surface area contributed by atoms with Crippen molar-refractivity contribution in [1.29, 1.82) is 0 Å². The Morgan fingerprint density at radius 3 is 2.32 bits per heavy atom. The Morgan fingerprint density at radius 1 is 0.830 bits per heavy atom. The van der Waals surface area contributed by atoms with E-state index in [0.29, 0.717) is 39.2 Å². The maximum absolute atomic E-state index is 13.6. The molecule has 8 aromatic rings. The minimum absolute atomic E-state index is 0. The van der Waals surface area contributed by atoms with Gasteiger partial charge in [0, 0.05) is 58.1 Å². The molecular formula is C47H41FIrN2OSi-2. The van der Waals surface area contributed by atoms with Gasteiger partial charge in [-0.15, -0.1) is 53.6 Å². The summed E-state index contributed by atoms with van der Waals surface area (Å²) in [4.78, 5) is 9.08. The third-order valence-corrected chi connectivity index (χ3v) is 10.9. The van der Waals surface area contributed by atoms with Gasteiger partial charge in [0.25, 0.3) is 0 Å². The zero-order valence-electron chi connectivity index (χ0n) is 35.8. The molecule has 0 bridgehead atoms. The molecule has 5 aromatic carbocycles. The predicted octanol–water partition coefficient (Wildman–Crippen LogP) is 11.7. The van der Waals surface area contributed by atoms with Crippen molar-refractivity contribution in [3.63, 3.8) is 0 Å². The van der Waals surface area contributed by atoms with Crippen LogP contribution in [0.5, 0.6) is 0 Å². The number of aromatic nitrogens is 2. The topological polar surface area (TPSA) is 38.9 Å². The van der Waals surface area contributed by atoms with Crippen LogP contribution >= 0.6 is 0 Å². The van der Waals surface area contributed by atoms with Crippen molar-refractivity contribution in [2.75, 3.05) is 0 Å². The smallest absolute Gasteiger partial charge is 0.126 e. The summed E-state index contributed by atoms with van der Waals surface area (Å²) in [5, 5.41) is 2.81. The van der Waals surface area contributed by atoms with Crippen LogP contribution in [-0.4, -0.2) is 18.0 Å². The Kier molecular flexibility index (Phi) is 9.39. The monoisotopic (exact) mass is 895 g/mol. The maximum atomic E-state index is 13.6. The molecule has 0 aliphatic carbocycles. The fourth-order valence-electron chi connectivity index (χ4n) is 6.18. The second-order valence-corrected chi connectivity index (χ2v) is 18.6. The zero-order valence-corrected chi connectivity index (χ0v) is 33.2. The molecule has 3 nitrogen and oxygen atoms in total. The van der Waals surface area contributed by atoms with Gasteiger partial charge in [-0.25, -0.2) is 4.39 Å². The van der Waals surface area contributed by atoms with E-state index in [1.807, 2.05) is 73.8 Å². The van der Waals surface area contributed by atoms with Gasteiger partial charge in [-0.1, -0.05) is 117 Å². The number of benzene rings is 5. The number of hydrogen-bond acceptors (Lipinski definition) is 3. The van der Waals surface area contributed by atoms with Crippen molar-refractivity contribution in [3.8, 4) is 22.5 Å². The molecule has 267 valence electrons. The molecule has 0 aliphatic heterocycles. The van der Waals surface area contributed by atoms with E-state index >= 15 is 0 Å². The maximum Gasteiger partial charge on any atom is 0.126 e. The van der Waals surface area contributed by atoms with Gasteiger partial charge in [0.1, 0.15) is 11.4 Å². The van der Waals surface area contributed by atoms with Gasteiger partial charge >= 0.3 is 0 Å². The first-order chi connectivity index (χ1) is 27.4. The number of pyridine rings is 2. The molecule has 6 heteroatoms. The summed E-state index contributed by atoms with van der Waals surface area (Å²) >= 11 is 0. The van der Waals surface area contributed by atoms with E-state index in [9.17, 15) is 5.76 Å². The molecule has 3 heterocycles. The average Bonchev–Trinajstić information content (AvgIpc) is 3.59. The van der Waals surface area contributed by atoms with Gasteiger partial charge in [0.05, 0.1) is 13.7 Å². The molecule has 0 saturated heterocycles. The van der Waals surface area contributed by atoms with Gasteiger partial charge < -0.3 is 14.4 Å². The van der Waals surface area contributed by atoms with Crippen LogP contribution in [0.2, 0.25) is 19.6 Å². The first kappa shape index (κ1) is 30.5. The second kappa shape index (κ2) is 16.3. The number of rotatable bonds is 7. The zero-order chi connectivity index (χ0) is 41.5. The van der Waals surface area contributed by atoms with Crippen LogP contribution in [0.1, 0.15) is 48.9 Å². The minimum atomic E-state index is -2.15. The quantitative estimate of drug-likeness (QED) is 0.118. The summed E-state index contributed by atoms with van der Waals surface area (Å²) in [6, 6.07) is 43.4. The molecule has 0 amide bonds. The predicted molar refractivity (Wildman–Crippen MR) is 215 cm³/mol. The van der Waals surface area contributed by atoms with Crippen molar-refractivity contribution < 1.29 is 37.1 Å². The van der Waals surface area contributed by atoms with Gasteiger partial charge in [0.2, 0.25) is 0 Å². The van der Waals surface area contributed by atoms with Crippen molar-refractivity contribution in [3.05, 3.63) is 186 Å². The van der Waals surface area contributed by atoms with Gasteiger partial charge in [-0.05, 0) is 63.4 Å². The van der Waals surface area contributed by atoms with Crippen LogP contribution in [0, 0.1) is 24.8 Å². The number of hydrogen-bond donors (Lipinski definition) is 0. The molecule has 1 radical (unpaired) electrons. The standard InChI is InChI=1S/C24H15FNO.C23H26NSi.Ir/c25-18-9-10-19-20-7-4-8-21(24(20)27-23(19)15-18)22-14-17(11-12-26-22)13-16-5-2-1-3-6-16;1-17-11-13-20(14-12-17)22-15-21(23(16-24-22)25(3,4)5)18(2)19-9-7-6-8-10-19;/h1-7,9-12,14-15H,13H2;6-13,15-16,18H,1-5H3;/q2*-1;/i13D2;1D3,18D;. The van der Waals surface area contributed by atoms with Crippen LogP contribution in [0.3, 0.4) is 0 Å². The van der Waals surface area contributed by atoms with Crippen molar-refractivity contribution in [2.45, 2.75) is 45.7 Å². The third-order valence-electron chi connectivity index (χ3n) is 8.89. The van der Waals surface area contributed by atoms with Crippen molar-refractivity contribution >= 4 is 35.2 Å². The molecule has 0 fully saturated rings. The normalized spacial score (nSPS) is 14.6. The Labute approximate surface area is 334 Å². The number of fused-ring (bicyclic) bond motifs is 3. The molecular weight excluding hydrogens is 848 g/mol. The van der Waals surface area contributed by atoms with Crippen LogP contribution < -0.4 is 5.19 Å².